The lowest BCUT2D eigenvalue weighted by atomic mass is 9.92. The lowest BCUT2D eigenvalue weighted by Gasteiger charge is -2.33. The zero-order valence-electron chi connectivity index (χ0n) is 19.4. The molecule has 0 saturated carbocycles. The minimum Gasteiger partial charge on any atom is -0.493 e. The van der Waals surface area contributed by atoms with Crippen molar-refractivity contribution in [1.29, 1.82) is 0 Å². The highest BCUT2D eigenvalue weighted by Crippen LogP contribution is 2.28. The van der Waals surface area contributed by atoms with Crippen LogP contribution in [-0.4, -0.2) is 26.4 Å². The Morgan fingerprint density at radius 1 is 0.389 bits per heavy atom. The van der Waals surface area contributed by atoms with Crippen molar-refractivity contribution in [1.82, 2.24) is 0 Å². The predicted molar refractivity (Wildman–Crippen MR) is 153 cm³/mol. The quantitative estimate of drug-likeness (QED) is 0.151. The lowest BCUT2D eigenvalue weighted by molar-refractivity contribution is -0.00352. The minimum atomic E-state index is -0.622. The van der Waals surface area contributed by atoms with Crippen molar-refractivity contribution >= 4 is 47.8 Å². The van der Waals surface area contributed by atoms with Gasteiger partial charge in [-0.1, -0.05) is 66.0 Å². The molecule has 0 atom stereocenters. The Kier molecular flexibility index (Phi) is 9.73. The summed E-state index contributed by atoms with van der Waals surface area (Å²) in [6, 6.07) is 33.0. The Hall–Kier alpha value is -2.48. The number of ether oxygens (including phenoxy) is 4. The summed E-state index contributed by atoms with van der Waals surface area (Å²) in [7, 11) is 0. The Morgan fingerprint density at radius 3 is 0.972 bits per heavy atom. The first-order chi connectivity index (χ1) is 17.5. The standard InChI is InChI=1S/C29H25Br3O4/c30-22-6-12-26(13-7-22)34-19-29(18-33-25-4-2-1-3-5-25,20-35-27-14-8-23(31)9-15-27)21-36-28-16-10-24(32)11-17-28/h1-17H,18-21H2. The van der Waals surface area contributed by atoms with E-state index >= 15 is 0 Å². The van der Waals surface area contributed by atoms with Gasteiger partial charge in [-0.15, -0.1) is 0 Å². The summed E-state index contributed by atoms with van der Waals surface area (Å²) in [6.45, 7) is 1.32. The number of halogens is 3. The van der Waals surface area contributed by atoms with Crippen LogP contribution < -0.4 is 18.9 Å². The van der Waals surface area contributed by atoms with Gasteiger partial charge < -0.3 is 18.9 Å². The molecule has 0 radical (unpaired) electrons. The topological polar surface area (TPSA) is 36.9 Å². The van der Waals surface area contributed by atoms with Gasteiger partial charge in [-0.3, -0.25) is 0 Å². The van der Waals surface area contributed by atoms with Crippen LogP contribution in [0.1, 0.15) is 0 Å². The van der Waals surface area contributed by atoms with Gasteiger partial charge >= 0.3 is 0 Å². The van der Waals surface area contributed by atoms with E-state index in [2.05, 4.69) is 47.8 Å². The SMILES string of the molecule is Brc1ccc(OCC(COc2ccccc2)(COc2ccc(Br)cc2)COc2ccc(Br)cc2)cc1. The summed E-state index contributed by atoms with van der Waals surface area (Å²) in [5, 5.41) is 0. The van der Waals surface area contributed by atoms with Crippen LogP contribution in [0.5, 0.6) is 23.0 Å². The molecule has 7 heteroatoms. The Labute approximate surface area is 236 Å². The van der Waals surface area contributed by atoms with Crippen molar-refractivity contribution in [2.24, 2.45) is 5.41 Å². The van der Waals surface area contributed by atoms with Gasteiger partial charge in [0, 0.05) is 13.4 Å². The van der Waals surface area contributed by atoms with Crippen molar-refractivity contribution in [3.63, 3.8) is 0 Å². The van der Waals surface area contributed by atoms with E-state index in [4.69, 9.17) is 18.9 Å². The van der Waals surface area contributed by atoms with Crippen molar-refractivity contribution in [2.75, 3.05) is 26.4 Å². The first-order valence-electron chi connectivity index (χ1n) is 11.3. The first kappa shape index (κ1) is 26.6. The average Bonchev–Trinajstić information content (AvgIpc) is 2.91. The van der Waals surface area contributed by atoms with Crippen LogP contribution in [-0.2, 0) is 0 Å². The van der Waals surface area contributed by atoms with E-state index in [0.29, 0.717) is 26.4 Å². The molecule has 0 amide bonds. The van der Waals surface area contributed by atoms with E-state index in [-0.39, 0.29) is 0 Å². The highest BCUT2D eigenvalue weighted by molar-refractivity contribution is 9.11. The van der Waals surface area contributed by atoms with Crippen molar-refractivity contribution in [3.8, 4) is 23.0 Å². The van der Waals surface area contributed by atoms with Gasteiger partial charge in [-0.05, 0) is 84.9 Å². The molecule has 186 valence electrons. The number of hydrogen-bond acceptors (Lipinski definition) is 4. The third kappa shape index (κ3) is 8.29. The fraction of sp³-hybridized carbons (Fsp3) is 0.172. The predicted octanol–water partition coefficient (Wildman–Crippen LogP) is 8.58. The molecule has 0 unspecified atom stereocenters. The molecule has 0 aromatic heterocycles. The molecule has 0 heterocycles. The van der Waals surface area contributed by atoms with Gasteiger partial charge in [0.15, 0.2) is 0 Å². The molecule has 0 aliphatic carbocycles. The largest absolute Gasteiger partial charge is 0.493 e. The lowest BCUT2D eigenvalue weighted by Crippen LogP contribution is -2.45. The van der Waals surface area contributed by atoms with E-state index in [9.17, 15) is 0 Å². The third-order valence-electron chi connectivity index (χ3n) is 5.36. The zero-order chi connectivity index (χ0) is 25.2. The monoisotopic (exact) mass is 674 g/mol. The second-order valence-electron chi connectivity index (χ2n) is 8.33. The molecule has 0 bridgehead atoms. The van der Waals surface area contributed by atoms with Crippen molar-refractivity contribution < 1.29 is 18.9 Å². The molecule has 4 aromatic carbocycles. The summed E-state index contributed by atoms with van der Waals surface area (Å²) >= 11 is 10.4. The second-order valence-corrected chi connectivity index (χ2v) is 11.1. The Bertz CT molecular complexity index is 1080. The van der Waals surface area contributed by atoms with E-state index in [1.54, 1.807) is 0 Å². The minimum absolute atomic E-state index is 0.328. The molecule has 4 rings (SSSR count). The van der Waals surface area contributed by atoms with Crippen molar-refractivity contribution in [3.05, 3.63) is 117 Å². The Balaban J connectivity index is 1.57. The molecule has 4 aromatic rings. The van der Waals surface area contributed by atoms with Crippen LogP contribution in [0.25, 0.3) is 0 Å². The summed E-state index contributed by atoms with van der Waals surface area (Å²) in [5.41, 5.74) is -0.622. The van der Waals surface area contributed by atoms with Crippen molar-refractivity contribution in [2.45, 2.75) is 0 Å². The molecule has 36 heavy (non-hydrogen) atoms. The number of rotatable bonds is 12. The van der Waals surface area contributed by atoms with Crippen LogP contribution >= 0.6 is 47.8 Å². The molecular weight excluding hydrogens is 652 g/mol. The van der Waals surface area contributed by atoms with E-state index in [1.807, 2.05) is 103 Å². The molecule has 0 aliphatic heterocycles. The average molecular weight is 677 g/mol. The molecule has 0 saturated heterocycles. The van der Waals surface area contributed by atoms with Gasteiger partial charge in [0.05, 0.1) is 0 Å². The molecule has 0 spiro atoms. The van der Waals surface area contributed by atoms with Crippen LogP contribution in [0.3, 0.4) is 0 Å². The van der Waals surface area contributed by atoms with E-state index in [0.717, 1.165) is 36.4 Å². The van der Waals surface area contributed by atoms with Crippen LogP contribution in [0.4, 0.5) is 0 Å². The third-order valence-corrected chi connectivity index (χ3v) is 6.95. The molecular formula is C29H25Br3O4. The number of benzene rings is 4. The van der Waals surface area contributed by atoms with E-state index < -0.39 is 5.41 Å². The molecule has 0 N–H and O–H groups in total. The van der Waals surface area contributed by atoms with Gasteiger partial charge in [0.25, 0.3) is 0 Å². The summed E-state index contributed by atoms with van der Waals surface area (Å²) in [6.07, 6.45) is 0. The van der Waals surface area contributed by atoms with Gasteiger partial charge in [0.1, 0.15) is 54.8 Å². The Morgan fingerprint density at radius 2 is 0.667 bits per heavy atom. The highest BCUT2D eigenvalue weighted by Gasteiger charge is 2.36. The zero-order valence-corrected chi connectivity index (χ0v) is 24.2. The summed E-state index contributed by atoms with van der Waals surface area (Å²) < 4.78 is 28.0. The maximum Gasteiger partial charge on any atom is 0.119 e. The van der Waals surface area contributed by atoms with Crippen LogP contribution in [0, 0.1) is 5.41 Å². The maximum atomic E-state index is 6.25. The smallest absolute Gasteiger partial charge is 0.119 e. The van der Waals surface area contributed by atoms with Crippen LogP contribution in [0.2, 0.25) is 0 Å². The fourth-order valence-corrected chi connectivity index (χ4v) is 4.10. The fourth-order valence-electron chi connectivity index (χ4n) is 3.30. The number of para-hydroxylation sites is 1. The second kappa shape index (κ2) is 13.2. The first-order valence-corrected chi connectivity index (χ1v) is 13.7. The normalized spacial score (nSPS) is 11.1. The van der Waals surface area contributed by atoms with Crippen LogP contribution in [0.15, 0.2) is 117 Å². The van der Waals surface area contributed by atoms with Gasteiger partial charge in [0.2, 0.25) is 0 Å². The highest BCUT2D eigenvalue weighted by atomic mass is 79.9. The molecule has 0 fully saturated rings. The van der Waals surface area contributed by atoms with E-state index in [1.165, 1.54) is 0 Å². The van der Waals surface area contributed by atoms with Gasteiger partial charge in [-0.25, -0.2) is 0 Å². The summed E-state index contributed by atoms with van der Waals surface area (Å²) in [4.78, 5) is 0. The molecule has 0 aliphatic rings. The van der Waals surface area contributed by atoms with Gasteiger partial charge in [-0.2, -0.15) is 0 Å². The molecule has 4 nitrogen and oxygen atoms in total. The number of hydrogen-bond donors (Lipinski definition) is 0. The maximum absolute atomic E-state index is 6.25. The summed E-state index contributed by atoms with van der Waals surface area (Å²) in [5.74, 6) is 3.05.